The van der Waals surface area contributed by atoms with Gasteiger partial charge in [0.1, 0.15) is 11.5 Å². The Labute approximate surface area is 135 Å². The van der Waals surface area contributed by atoms with Crippen LogP contribution in [0.25, 0.3) is 0 Å². The first-order valence-electron chi connectivity index (χ1n) is 7.34. The summed E-state index contributed by atoms with van der Waals surface area (Å²) in [7, 11) is 0. The lowest BCUT2D eigenvalue weighted by molar-refractivity contribution is 0.479. The van der Waals surface area contributed by atoms with Crippen LogP contribution in [0, 0.1) is 0 Å². The predicted molar refractivity (Wildman–Crippen MR) is 92.0 cm³/mol. The Bertz CT molecular complexity index is 593. The Balaban J connectivity index is 2.15. The number of hydrogen-bond acceptors (Lipinski definition) is 2. The quantitative estimate of drug-likeness (QED) is 0.744. The summed E-state index contributed by atoms with van der Waals surface area (Å²) in [5.74, 6) is 2.23. The molecule has 3 heteroatoms. The zero-order valence-corrected chi connectivity index (χ0v) is 14.4. The van der Waals surface area contributed by atoms with Crippen molar-refractivity contribution < 1.29 is 4.74 Å². The molecule has 2 aromatic carbocycles. The van der Waals surface area contributed by atoms with Crippen LogP contribution < -0.4 is 10.5 Å². The Hall–Kier alpha value is -1.32. The van der Waals surface area contributed by atoms with Crippen molar-refractivity contribution in [3.05, 3.63) is 58.1 Å². The van der Waals surface area contributed by atoms with Crippen LogP contribution in [0.5, 0.6) is 11.5 Å². The van der Waals surface area contributed by atoms with Gasteiger partial charge in [-0.3, -0.25) is 0 Å². The average Bonchev–Trinajstić information content (AvgIpc) is 2.49. The second-order valence-electron chi connectivity index (χ2n) is 5.46. The van der Waals surface area contributed by atoms with Gasteiger partial charge in [-0.2, -0.15) is 0 Å². The first-order valence-corrected chi connectivity index (χ1v) is 8.13. The summed E-state index contributed by atoms with van der Waals surface area (Å²) in [6.07, 6.45) is 1.14. The second kappa shape index (κ2) is 7.10. The van der Waals surface area contributed by atoms with E-state index in [0.29, 0.717) is 5.92 Å². The van der Waals surface area contributed by atoms with Gasteiger partial charge in [0.25, 0.3) is 0 Å². The highest BCUT2D eigenvalue weighted by atomic mass is 79.9. The molecule has 0 fully saturated rings. The maximum absolute atomic E-state index is 5.92. The zero-order chi connectivity index (χ0) is 15.4. The van der Waals surface area contributed by atoms with Gasteiger partial charge in [-0.15, -0.1) is 0 Å². The molecule has 2 aromatic rings. The highest BCUT2D eigenvalue weighted by Gasteiger charge is 2.07. The molecule has 0 aliphatic rings. The Morgan fingerprint density at radius 1 is 1.05 bits per heavy atom. The molecule has 0 radical (unpaired) electrons. The van der Waals surface area contributed by atoms with E-state index in [9.17, 15) is 0 Å². The first-order chi connectivity index (χ1) is 10.0. The topological polar surface area (TPSA) is 35.2 Å². The van der Waals surface area contributed by atoms with Gasteiger partial charge < -0.3 is 10.5 Å². The number of ether oxygens (including phenoxy) is 1. The van der Waals surface area contributed by atoms with Gasteiger partial charge in [0.2, 0.25) is 0 Å². The summed E-state index contributed by atoms with van der Waals surface area (Å²) in [4.78, 5) is 0. The summed E-state index contributed by atoms with van der Waals surface area (Å²) in [6.45, 7) is 6.40. The predicted octanol–water partition coefficient (Wildman–Crippen LogP) is 5.77. The van der Waals surface area contributed by atoms with Gasteiger partial charge in [-0.25, -0.2) is 0 Å². The van der Waals surface area contributed by atoms with Crippen molar-refractivity contribution in [2.75, 3.05) is 0 Å². The SMILES string of the molecule is CCC(C)c1ccc(Oc2ccc(C(C)N)cc2Br)cc1. The van der Waals surface area contributed by atoms with Crippen LogP contribution in [0.4, 0.5) is 0 Å². The van der Waals surface area contributed by atoms with Crippen molar-refractivity contribution in [1.82, 2.24) is 0 Å². The molecular formula is C18H22BrNO. The molecular weight excluding hydrogens is 326 g/mol. The molecule has 21 heavy (non-hydrogen) atoms. The smallest absolute Gasteiger partial charge is 0.141 e. The van der Waals surface area contributed by atoms with Crippen LogP contribution in [0.3, 0.4) is 0 Å². The molecule has 0 aliphatic carbocycles. The van der Waals surface area contributed by atoms with Gasteiger partial charge in [-0.1, -0.05) is 32.0 Å². The van der Waals surface area contributed by atoms with E-state index in [0.717, 1.165) is 28.0 Å². The standard InChI is InChI=1S/C18H22BrNO/c1-4-12(2)14-5-8-16(9-6-14)21-18-10-7-15(13(3)20)11-17(18)19/h5-13H,4,20H2,1-3H3. The van der Waals surface area contributed by atoms with Crippen LogP contribution >= 0.6 is 15.9 Å². The van der Waals surface area contributed by atoms with Crippen molar-refractivity contribution in [2.24, 2.45) is 5.73 Å². The van der Waals surface area contributed by atoms with E-state index < -0.39 is 0 Å². The van der Waals surface area contributed by atoms with Crippen LogP contribution in [-0.4, -0.2) is 0 Å². The van der Waals surface area contributed by atoms with Gasteiger partial charge in [0, 0.05) is 6.04 Å². The average molecular weight is 348 g/mol. The monoisotopic (exact) mass is 347 g/mol. The van der Waals surface area contributed by atoms with Crippen molar-refractivity contribution in [3.63, 3.8) is 0 Å². The minimum Gasteiger partial charge on any atom is -0.456 e. The molecule has 0 saturated carbocycles. The number of nitrogens with two attached hydrogens (primary N) is 1. The number of hydrogen-bond donors (Lipinski definition) is 1. The largest absolute Gasteiger partial charge is 0.456 e. The molecule has 2 atom stereocenters. The minimum atomic E-state index is 0.0187. The van der Waals surface area contributed by atoms with Crippen LogP contribution in [0.1, 0.15) is 50.3 Å². The van der Waals surface area contributed by atoms with E-state index in [2.05, 4.69) is 41.9 Å². The highest BCUT2D eigenvalue weighted by Crippen LogP contribution is 2.32. The third kappa shape index (κ3) is 4.08. The molecule has 2 unspecified atom stereocenters. The van der Waals surface area contributed by atoms with Crippen LogP contribution in [-0.2, 0) is 0 Å². The Kier molecular flexibility index (Phi) is 5.43. The lowest BCUT2D eigenvalue weighted by atomic mass is 9.99. The minimum absolute atomic E-state index is 0.0187. The van der Waals surface area contributed by atoms with E-state index in [1.54, 1.807) is 0 Å². The number of benzene rings is 2. The molecule has 2 nitrogen and oxygen atoms in total. The van der Waals surface area contributed by atoms with E-state index in [-0.39, 0.29) is 6.04 Å². The van der Waals surface area contributed by atoms with Gasteiger partial charge in [-0.05, 0) is 70.6 Å². The van der Waals surface area contributed by atoms with Crippen molar-refractivity contribution >= 4 is 15.9 Å². The summed E-state index contributed by atoms with van der Waals surface area (Å²) in [5.41, 5.74) is 8.31. The van der Waals surface area contributed by atoms with E-state index in [1.807, 2.05) is 37.3 Å². The second-order valence-corrected chi connectivity index (χ2v) is 6.31. The summed E-state index contributed by atoms with van der Waals surface area (Å²) in [5, 5.41) is 0. The zero-order valence-electron chi connectivity index (χ0n) is 12.8. The molecule has 0 spiro atoms. The maximum atomic E-state index is 5.92. The molecule has 112 valence electrons. The van der Waals surface area contributed by atoms with E-state index in [4.69, 9.17) is 10.5 Å². The molecule has 0 aliphatic heterocycles. The van der Waals surface area contributed by atoms with Gasteiger partial charge in [0.15, 0.2) is 0 Å². The molecule has 0 saturated heterocycles. The summed E-state index contributed by atoms with van der Waals surface area (Å²) in [6, 6.07) is 14.3. The van der Waals surface area contributed by atoms with Crippen molar-refractivity contribution in [3.8, 4) is 11.5 Å². The molecule has 0 amide bonds. The lowest BCUT2D eigenvalue weighted by Gasteiger charge is -2.13. The fourth-order valence-corrected chi connectivity index (χ4v) is 2.59. The number of rotatable bonds is 5. The highest BCUT2D eigenvalue weighted by molar-refractivity contribution is 9.10. The van der Waals surface area contributed by atoms with Crippen molar-refractivity contribution in [1.29, 1.82) is 0 Å². The fraction of sp³-hybridized carbons (Fsp3) is 0.333. The molecule has 0 bridgehead atoms. The summed E-state index contributed by atoms with van der Waals surface area (Å²) < 4.78 is 6.84. The van der Waals surface area contributed by atoms with Crippen LogP contribution in [0.2, 0.25) is 0 Å². The number of halogens is 1. The van der Waals surface area contributed by atoms with Gasteiger partial charge in [0.05, 0.1) is 4.47 Å². The van der Waals surface area contributed by atoms with Crippen LogP contribution in [0.15, 0.2) is 46.9 Å². The van der Waals surface area contributed by atoms with Gasteiger partial charge >= 0.3 is 0 Å². The lowest BCUT2D eigenvalue weighted by Crippen LogP contribution is -2.04. The molecule has 2 rings (SSSR count). The fourth-order valence-electron chi connectivity index (χ4n) is 2.11. The third-order valence-electron chi connectivity index (χ3n) is 3.77. The van der Waals surface area contributed by atoms with Crippen molar-refractivity contribution in [2.45, 2.75) is 39.2 Å². The van der Waals surface area contributed by atoms with E-state index in [1.165, 1.54) is 5.56 Å². The van der Waals surface area contributed by atoms with E-state index >= 15 is 0 Å². The normalized spacial score (nSPS) is 13.8. The third-order valence-corrected chi connectivity index (χ3v) is 4.39. The molecule has 2 N–H and O–H groups in total. The molecule has 0 aromatic heterocycles. The summed E-state index contributed by atoms with van der Waals surface area (Å²) >= 11 is 3.54. The maximum Gasteiger partial charge on any atom is 0.141 e. The first kappa shape index (κ1) is 16.1. The molecule has 0 heterocycles. The Morgan fingerprint density at radius 3 is 2.19 bits per heavy atom. The Morgan fingerprint density at radius 2 is 1.67 bits per heavy atom.